The maximum Gasteiger partial charge on any atom is 0.229 e. The number of anilines is 1. The molecular formula is C23H25N3O3. The lowest BCUT2D eigenvalue weighted by Crippen LogP contribution is -2.30. The lowest BCUT2D eigenvalue weighted by Gasteiger charge is -2.17. The highest BCUT2D eigenvalue weighted by atomic mass is 16.5. The zero-order chi connectivity index (χ0) is 20.4. The molecule has 1 aliphatic rings. The molecule has 0 radical (unpaired) electrons. The predicted molar refractivity (Wildman–Crippen MR) is 113 cm³/mol. The molecule has 6 heteroatoms. The van der Waals surface area contributed by atoms with Crippen molar-refractivity contribution in [1.82, 2.24) is 9.47 Å². The monoisotopic (exact) mass is 391 g/mol. The third-order valence-corrected chi connectivity index (χ3v) is 5.61. The SMILES string of the molecule is COc1ccccc1CCN1CC(C(=O)Nc2cccc3c2ccn3C)CC1=O. The van der Waals surface area contributed by atoms with Gasteiger partial charge in [-0.25, -0.2) is 0 Å². The van der Waals surface area contributed by atoms with Gasteiger partial charge in [0.15, 0.2) is 0 Å². The number of rotatable bonds is 6. The van der Waals surface area contributed by atoms with E-state index in [4.69, 9.17) is 4.74 Å². The van der Waals surface area contributed by atoms with Crippen LogP contribution < -0.4 is 10.1 Å². The number of carbonyl (C=O) groups excluding carboxylic acids is 2. The number of benzene rings is 2. The first-order chi connectivity index (χ1) is 14.1. The molecule has 1 N–H and O–H groups in total. The number of nitrogens with one attached hydrogen (secondary N) is 1. The van der Waals surface area contributed by atoms with E-state index < -0.39 is 0 Å². The molecule has 29 heavy (non-hydrogen) atoms. The second kappa shape index (κ2) is 7.99. The summed E-state index contributed by atoms with van der Waals surface area (Å²) in [5.74, 6) is 0.413. The van der Waals surface area contributed by atoms with Crippen molar-refractivity contribution in [2.24, 2.45) is 13.0 Å². The summed E-state index contributed by atoms with van der Waals surface area (Å²) in [6.07, 6.45) is 2.93. The number of methoxy groups -OCH3 is 1. The molecule has 1 aromatic heterocycles. The Labute approximate surface area is 170 Å². The summed E-state index contributed by atoms with van der Waals surface area (Å²) >= 11 is 0. The van der Waals surface area contributed by atoms with Gasteiger partial charge in [-0.2, -0.15) is 0 Å². The van der Waals surface area contributed by atoms with E-state index >= 15 is 0 Å². The molecule has 4 rings (SSSR count). The number of amides is 2. The van der Waals surface area contributed by atoms with Gasteiger partial charge >= 0.3 is 0 Å². The van der Waals surface area contributed by atoms with Gasteiger partial charge in [0, 0.05) is 43.7 Å². The van der Waals surface area contributed by atoms with Gasteiger partial charge in [0.1, 0.15) is 5.75 Å². The molecule has 0 spiro atoms. The molecule has 0 saturated carbocycles. The van der Waals surface area contributed by atoms with Crippen molar-refractivity contribution in [2.75, 3.05) is 25.5 Å². The van der Waals surface area contributed by atoms with E-state index in [1.165, 1.54) is 0 Å². The minimum absolute atomic E-state index is 0.0259. The lowest BCUT2D eigenvalue weighted by molar-refractivity contribution is -0.128. The number of carbonyl (C=O) groups is 2. The van der Waals surface area contributed by atoms with E-state index in [9.17, 15) is 9.59 Å². The van der Waals surface area contributed by atoms with Crippen LogP contribution in [0.4, 0.5) is 5.69 Å². The Morgan fingerprint density at radius 3 is 2.83 bits per heavy atom. The topological polar surface area (TPSA) is 63.6 Å². The third-order valence-electron chi connectivity index (χ3n) is 5.61. The van der Waals surface area contributed by atoms with Crippen LogP contribution in [-0.4, -0.2) is 41.5 Å². The Balaban J connectivity index is 1.40. The van der Waals surface area contributed by atoms with Crippen molar-refractivity contribution in [2.45, 2.75) is 12.8 Å². The van der Waals surface area contributed by atoms with Crippen molar-refractivity contribution in [3.05, 3.63) is 60.3 Å². The first kappa shape index (κ1) is 19.1. The second-order valence-corrected chi connectivity index (χ2v) is 7.46. The highest BCUT2D eigenvalue weighted by Gasteiger charge is 2.34. The third kappa shape index (κ3) is 3.83. The van der Waals surface area contributed by atoms with Crippen LogP contribution in [-0.2, 0) is 23.1 Å². The van der Waals surface area contributed by atoms with Gasteiger partial charge < -0.3 is 19.5 Å². The Hall–Kier alpha value is -3.28. The fourth-order valence-corrected chi connectivity index (χ4v) is 3.97. The van der Waals surface area contributed by atoms with Crippen molar-refractivity contribution in [1.29, 1.82) is 0 Å². The summed E-state index contributed by atoms with van der Waals surface area (Å²) in [6, 6.07) is 15.6. The summed E-state index contributed by atoms with van der Waals surface area (Å²) in [7, 11) is 3.62. The molecule has 1 saturated heterocycles. The van der Waals surface area contributed by atoms with E-state index in [2.05, 4.69) is 5.32 Å². The Morgan fingerprint density at radius 2 is 2.00 bits per heavy atom. The highest BCUT2D eigenvalue weighted by Crippen LogP contribution is 2.26. The molecule has 3 aromatic rings. The van der Waals surface area contributed by atoms with Gasteiger partial charge in [-0.1, -0.05) is 24.3 Å². The molecule has 0 aliphatic carbocycles. The molecule has 150 valence electrons. The number of hydrogen-bond donors (Lipinski definition) is 1. The number of likely N-dealkylation sites (tertiary alicyclic amines) is 1. The number of aryl methyl sites for hydroxylation is 1. The minimum atomic E-state index is -0.334. The minimum Gasteiger partial charge on any atom is -0.496 e. The molecule has 1 unspecified atom stereocenters. The highest BCUT2D eigenvalue weighted by molar-refractivity contribution is 6.03. The summed E-state index contributed by atoms with van der Waals surface area (Å²) in [5.41, 5.74) is 2.91. The molecular weight excluding hydrogens is 366 g/mol. The van der Waals surface area contributed by atoms with E-state index in [0.29, 0.717) is 19.5 Å². The quantitative estimate of drug-likeness (QED) is 0.702. The van der Waals surface area contributed by atoms with Gasteiger partial charge in [0.25, 0.3) is 0 Å². The second-order valence-electron chi connectivity index (χ2n) is 7.46. The number of nitrogens with zero attached hydrogens (tertiary/aromatic N) is 2. The Kier molecular flexibility index (Phi) is 5.25. The van der Waals surface area contributed by atoms with Crippen LogP contribution in [0, 0.1) is 5.92 Å². The summed E-state index contributed by atoms with van der Waals surface area (Å²) in [5, 5.41) is 4.02. The average Bonchev–Trinajstić information content (AvgIpc) is 3.30. The number of para-hydroxylation sites is 1. The largest absolute Gasteiger partial charge is 0.496 e. The van der Waals surface area contributed by atoms with E-state index in [0.717, 1.165) is 27.9 Å². The Bertz CT molecular complexity index is 1060. The number of hydrogen-bond acceptors (Lipinski definition) is 3. The van der Waals surface area contributed by atoms with Crippen molar-refractivity contribution >= 4 is 28.4 Å². The van der Waals surface area contributed by atoms with Crippen LogP contribution in [0.2, 0.25) is 0 Å². The van der Waals surface area contributed by atoms with Crippen LogP contribution in [0.3, 0.4) is 0 Å². The van der Waals surface area contributed by atoms with E-state index in [-0.39, 0.29) is 24.2 Å². The molecule has 6 nitrogen and oxygen atoms in total. The van der Waals surface area contributed by atoms with E-state index in [1.807, 2.05) is 66.3 Å². The smallest absolute Gasteiger partial charge is 0.229 e. The standard InChI is InChI=1S/C23H25N3O3/c1-25-12-11-18-19(7-5-8-20(18)25)24-23(28)17-14-22(27)26(15-17)13-10-16-6-3-4-9-21(16)29-2/h3-9,11-12,17H,10,13-15H2,1-2H3,(H,24,28). The van der Waals surface area contributed by atoms with Crippen LogP contribution in [0.25, 0.3) is 10.9 Å². The maximum absolute atomic E-state index is 12.8. The summed E-state index contributed by atoms with van der Waals surface area (Å²) < 4.78 is 7.40. The molecule has 1 atom stereocenters. The maximum atomic E-state index is 12.8. The lowest BCUT2D eigenvalue weighted by atomic mass is 10.1. The predicted octanol–water partition coefficient (Wildman–Crippen LogP) is 3.22. The fourth-order valence-electron chi connectivity index (χ4n) is 3.97. The van der Waals surface area contributed by atoms with Gasteiger partial charge in [-0.15, -0.1) is 0 Å². The van der Waals surface area contributed by atoms with Crippen LogP contribution in [0.5, 0.6) is 5.75 Å². The summed E-state index contributed by atoms with van der Waals surface area (Å²) in [4.78, 5) is 27.0. The molecule has 0 bridgehead atoms. The summed E-state index contributed by atoms with van der Waals surface area (Å²) in [6.45, 7) is 1.03. The normalized spacial score (nSPS) is 16.4. The number of ether oxygens (including phenoxy) is 1. The average molecular weight is 391 g/mol. The molecule has 2 heterocycles. The Morgan fingerprint density at radius 1 is 1.17 bits per heavy atom. The first-order valence-corrected chi connectivity index (χ1v) is 9.81. The van der Waals surface area contributed by atoms with Crippen molar-refractivity contribution < 1.29 is 14.3 Å². The van der Waals surface area contributed by atoms with Gasteiger partial charge in [0.2, 0.25) is 11.8 Å². The van der Waals surface area contributed by atoms with E-state index in [1.54, 1.807) is 12.0 Å². The van der Waals surface area contributed by atoms with Gasteiger partial charge in [-0.3, -0.25) is 9.59 Å². The molecule has 2 aromatic carbocycles. The van der Waals surface area contributed by atoms with Gasteiger partial charge in [-0.05, 0) is 36.2 Å². The van der Waals surface area contributed by atoms with Gasteiger partial charge in [0.05, 0.1) is 18.7 Å². The fraction of sp³-hybridized carbons (Fsp3) is 0.304. The molecule has 1 aliphatic heterocycles. The van der Waals surface area contributed by atoms with Crippen LogP contribution in [0.15, 0.2) is 54.7 Å². The zero-order valence-electron chi connectivity index (χ0n) is 16.7. The zero-order valence-corrected chi connectivity index (χ0v) is 16.7. The number of fused-ring (bicyclic) bond motifs is 1. The molecule has 1 fully saturated rings. The number of aromatic nitrogens is 1. The van der Waals surface area contributed by atoms with Crippen LogP contribution in [0.1, 0.15) is 12.0 Å². The van der Waals surface area contributed by atoms with Crippen molar-refractivity contribution in [3.8, 4) is 5.75 Å². The first-order valence-electron chi connectivity index (χ1n) is 9.81. The molecule has 2 amide bonds. The van der Waals surface area contributed by atoms with Crippen LogP contribution >= 0.6 is 0 Å². The van der Waals surface area contributed by atoms with Crippen molar-refractivity contribution in [3.63, 3.8) is 0 Å².